The molecule has 0 rings (SSSR count). The minimum absolute atomic E-state index is 0. The molecule has 0 aromatic carbocycles. The van der Waals surface area contributed by atoms with E-state index in [-0.39, 0.29) is 35.0 Å². The summed E-state index contributed by atoms with van der Waals surface area (Å²) in [5.41, 5.74) is -5.54. The Kier molecular flexibility index (Phi) is 8.02. The van der Waals surface area contributed by atoms with Gasteiger partial charge in [0.05, 0.1) is 15.9 Å². The first-order valence-corrected chi connectivity index (χ1v) is 4.58. The first-order valence-electron chi connectivity index (χ1n) is 3.00. The van der Waals surface area contributed by atoms with E-state index in [2.05, 4.69) is 0 Å². The van der Waals surface area contributed by atoms with Crippen LogP contribution in [0, 0.1) is 0 Å². The predicted molar refractivity (Wildman–Crippen MR) is 35.2 cm³/mol. The van der Waals surface area contributed by atoms with Crippen molar-refractivity contribution in [3.63, 3.8) is 0 Å². The molecule has 0 saturated carbocycles. The molecule has 0 unspecified atom stereocenters. The smallest absolute Gasteiger partial charge is 0.748 e. The second-order valence-electron chi connectivity index (χ2n) is 2.56. The van der Waals surface area contributed by atoms with Crippen LogP contribution >= 0.6 is 0 Å². The van der Waals surface area contributed by atoms with E-state index in [1.807, 2.05) is 0 Å². The van der Waals surface area contributed by atoms with Crippen LogP contribution in [0.1, 0.15) is 0 Å². The number of hydrogen-bond donors (Lipinski definition) is 1. The van der Waals surface area contributed by atoms with Gasteiger partial charge in [0, 0.05) is 0 Å². The summed E-state index contributed by atoms with van der Waals surface area (Å²) in [7, 11) is -5.89. The zero-order valence-electron chi connectivity index (χ0n) is 8.06. The first kappa shape index (κ1) is 22.6. The molecule has 0 atom stereocenters. The van der Waals surface area contributed by atoms with Crippen molar-refractivity contribution >= 4 is 10.1 Å². The van der Waals surface area contributed by atoms with Crippen LogP contribution in [0.25, 0.3) is 0 Å². The van der Waals surface area contributed by atoms with E-state index >= 15 is 0 Å². The summed E-state index contributed by atoms with van der Waals surface area (Å²) in [6, 6.07) is 0. The molecule has 0 saturated heterocycles. The van der Waals surface area contributed by atoms with Gasteiger partial charge < -0.3 is 15.1 Å². The number of alkyl halides is 6. The SMILES string of the molecule is O.O=S(=O)([O-])CC(O)(C(F)(F)F)C(F)(F)F.[Na+]. The van der Waals surface area contributed by atoms with Crippen molar-refractivity contribution in [3.8, 4) is 0 Å². The zero-order valence-corrected chi connectivity index (χ0v) is 10.9. The molecule has 0 radical (unpaired) electrons. The second-order valence-corrected chi connectivity index (χ2v) is 3.96. The molecule has 0 amide bonds. The summed E-state index contributed by atoms with van der Waals surface area (Å²) in [5, 5.41) is 8.19. The molecule has 17 heavy (non-hydrogen) atoms. The Morgan fingerprint density at radius 3 is 1.29 bits per heavy atom. The molecular formula is C4H5F6NaO5S. The molecule has 13 heteroatoms. The van der Waals surface area contributed by atoms with Crippen molar-refractivity contribution in [3.05, 3.63) is 0 Å². The Hall–Kier alpha value is 0.410. The number of aliphatic hydroxyl groups is 1. The fraction of sp³-hybridized carbons (Fsp3) is 1.00. The maximum Gasteiger partial charge on any atom is 1.00 e. The molecule has 0 aliphatic heterocycles. The Balaban J connectivity index is -0.000000980. The third-order valence-electron chi connectivity index (χ3n) is 1.32. The molecule has 0 spiro atoms. The molecule has 0 aromatic heterocycles. The van der Waals surface area contributed by atoms with Crippen molar-refractivity contribution in [2.45, 2.75) is 18.0 Å². The molecule has 0 heterocycles. The summed E-state index contributed by atoms with van der Waals surface area (Å²) >= 11 is 0. The predicted octanol–water partition coefficient (Wildman–Crippen LogP) is -3.43. The summed E-state index contributed by atoms with van der Waals surface area (Å²) in [6.45, 7) is 0. The van der Waals surface area contributed by atoms with Gasteiger partial charge in [-0.3, -0.25) is 0 Å². The van der Waals surface area contributed by atoms with Crippen LogP contribution < -0.4 is 29.6 Å². The maximum absolute atomic E-state index is 11.8. The molecule has 0 aliphatic carbocycles. The molecule has 0 fully saturated rings. The van der Waals surface area contributed by atoms with Gasteiger partial charge in [-0.1, -0.05) is 0 Å². The van der Waals surface area contributed by atoms with Crippen LogP contribution in [0.2, 0.25) is 0 Å². The van der Waals surface area contributed by atoms with Crippen LogP contribution in [0.15, 0.2) is 0 Å². The Morgan fingerprint density at radius 1 is 1.00 bits per heavy atom. The molecule has 100 valence electrons. The van der Waals surface area contributed by atoms with Crippen molar-refractivity contribution in [1.29, 1.82) is 0 Å². The number of hydrogen-bond acceptors (Lipinski definition) is 4. The summed E-state index contributed by atoms with van der Waals surface area (Å²) in [5.74, 6) is -3.01. The van der Waals surface area contributed by atoms with Crippen LogP contribution in [-0.4, -0.2) is 47.3 Å². The van der Waals surface area contributed by atoms with Gasteiger partial charge in [-0.2, -0.15) is 26.3 Å². The van der Waals surface area contributed by atoms with Crippen LogP contribution in [0.4, 0.5) is 26.3 Å². The van der Waals surface area contributed by atoms with E-state index in [1.54, 1.807) is 0 Å². The molecular weight excluding hydrogens is 297 g/mol. The van der Waals surface area contributed by atoms with Gasteiger partial charge in [0.1, 0.15) is 0 Å². The Morgan fingerprint density at radius 2 is 1.24 bits per heavy atom. The largest absolute Gasteiger partial charge is 1.00 e. The van der Waals surface area contributed by atoms with E-state index in [0.29, 0.717) is 0 Å². The van der Waals surface area contributed by atoms with E-state index in [0.717, 1.165) is 0 Å². The van der Waals surface area contributed by atoms with Crippen LogP contribution in [0.5, 0.6) is 0 Å². The van der Waals surface area contributed by atoms with Crippen molar-refractivity contribution in [2.24, 2.45) is 0 Å². The quantitative estimate of drug-likeness (QED) is 0.325. The minimum Gasteiger partial charge on any atom is -0.748 e. The minimum atomic E-state index is -6.30. The van der Waals surface area contributed by atoms with Crippen molar-refractivity contribution in [1.82, 2.24) is 0 Å². The fourth-order valence-corrected chi connectivity index (χ4v) is 1.42. The third-order valence-corrected chi connectivity index (χ3v) is 2.09. The van der Waals surface area contributed by atoms with Crippen LogP contribution in [0.3, 0.4) is 0 Å². The number of rotatable bonds is 2. The molecule has 0 aromatic rings. The van der Waals surface area contributed by atoms with E-state index < -0.39 is 33.8 Å². The topological polar surface area (TPSA) is 109 Å². The van der Waals surface area contributed by atoms with E-state index in [4.69, 9.17) is 5.11 Å². The Labute approximate surface area is 113 Å². The van der Waals surface area contributed by atoms with E-state index in [9.17, 15) is 39.3 Å². The van der Waals surface area contributed by atoms with Gasteiger partial charge in [-0.05, 0) is 0 Å². The van der Waals surface area contributed by atoms with Gasteiger partial charge in [-0.15, -0.1) is 0 Å². The molecule has 5 nitrogen and oxygen atoms in total. The fourth-order valence-electron chi connectivity index (χ4n) is 0.580. The molecule has 0 aliphatic rings. The molecule has 0 bridgehead atoms. The third kappa shape index (κ3) is 5.72. The van der Waals surface area contributed by atoms with Gasteiger partial charge in [0.25, 0.3) is 5.60 Å². The first-order chi connectivity index (χ1) is 6.21. The van der Waals surface area contributed by atoms with Gasteiger partial charge >= 0.3 is 41.9 Å². The van der Waals surface area contributed by atoms with Gasteiger partial charge in [0.15, 0.2) is 0 Å². The summed E-state index contributed by atoms with van der Waals surface area (Å²) in [6.07, 6.45) is -12.6. The zero-order chi connectivity index (χ0) is 12.7. The van der Waals surface area contributed by atoms with Gasteiger partial charge in [0.2, 0.25) is 0 Å². The summed E-state index contributed by atoms with van der Waals surface area (Å²) in [4.78, 5) is 0. The average molecular weight is 302 g/mol. The average Bonchev–Trinajstić information content (AvgIpc) is 1.77. The van der Waals surface area contributed by atoms with Gasteiger partial charge in [-0.25, -0.2) is 8.42 Å². The standard InChI is InChI=1S/C4H4F6O4S.Na.H2O/c5-3(6,7)2(11,4(8,9)10)1-15(12,13)14;;/h11H,1H2,(H,12,13,14);;1H2/q;+1;/p-1. The normalized spacial score (nSPS) is 13.6. The maximum atomic E-state index is 11.8. The van der Waals surface area contributed by atoms with Crippen molar-refractivity contribution in [2.75, 3.05) is 5.75 Å². The van der Waals surface area contributed by atoms with Crippen LogP contribution in [-0.2, 0) is 10.1 Å². The summed E-state index contributed by atoms with van der Waals surface area (Å²) < 4.78 is 100. The monoisotopic (exact) mass is 302 g/mol. The second kappa shape index (κ2) is 6.04. The Bertz CT molecular complexity index is 319. The van der Waals surface area contributed by atoms with E-state index in [1.165, 1.54) is 0 Å². The van der Waals surface area contributed by atoms with Crippen molar-refractivity contribution < 1.29 is 79.5 Å². The number of halogens is 6. The molecule has 3 N–H and O–H groups in total.